The molecule has 0 aliphatic carbocycles. The normalized spacial score (nSPS) is 14.7. The van der Waals surface area contributed by atoms with E-state index in [0.717, 1.165) is 28.9 Å². The van der Waals surface area contributed by atoms with E-state index in [-0.39, 0.29) is 11.7 Å². The summed E-state index contributed by atoms with van der Waals surface area (Å²) in [6, 6.07) is 11.9. The van der Waals surface area contributed by atoms with Gasteiger partial charge in [-0.05, 0) is 42.0 Å². The van der Waals surface area contributed by atoms with Crippen molar-refractivity contribution in [2.75, 3.05) is 36.5 Å². The van der Waals surface area contributed by atoms with E-state index < -0.39 is 0 Å². The second kappa shape index (κ2) is 8.27. The van der Waals surface area contributed by atoms with Crippen molar-refractivity contribution in [3.63, 3.8) is 0 Å². The zero-order chi connectivity index (χ0) is 17.6. The molecule has 0 spiro atoms. The van der Waals surface area contributed by atoms with Gasteiger partial charge in [0.25, 0.3) is 0 Å². The first-order valence-corrected chi connectivity index (χ1v) is 8.78. The number of morpholine rings is 1. The predicted molar refractivity (Wildman–Crippen MR) is 101 cm³/mol. The highest BCUT2D eigenvalue weighted by atomic mass is 79.9. The number of nitrogens with one attached hydrogen (secondary N) is 1. The molecule has 0 radical (unpaired) electrons. The molecule has 25 heavy (non-hydrogen) atoms. The van der Waals surface area contributed by atoms with Crippen LogP contribution in [0.1, 0.15) is 5.56 Å². The third-order valence-electron chi connectivity index (χ3n) is 3.84. The van der Waals surface area contributed by atoms with Gasteiger partial charge in [0.05, 0.1) is 24.6 Å². The van der Waals surface area contributed by atoms with Crippen molar-refractivity contribution in [2.24, 2.45) is 0 Å². The van der Waals surface area contributed by atoms with Crippen LogP contribution in [-0.2, 0) is 9.53 Å². The number of ether oxygens (including phenoxy) is 1. The number of carbonyl (C=O) groups is 1. The summed E-state index contributed by atoms with van der Waals surface area (Å²) in [4.78, 5) is 14.4. The highest BCUT2D eigenvalue weighted by Crippen LogP contribution is 2.30. The molecule has 0 atom stereocenters. The summed E-state index contributed by atoms with van der Waals surface area (Å²) in [6.45, 7) is 2.90. The molecule has 1 N–H and O–H groups in total. The minimum absolute atomic E-state index is 0.267. The molecule has 0 bridgehead atoms. The van der Waals surface area contributed by atoms with E-state index in [1.54, 1.807) is 18.2 Å². The van der Waals surface area contributed by atoms with Crippen molar-refractivity contribution in [3.8, 4) is 0 Å². The Kier molecular flexibility index (Phi) is 5.83. The Balaban J connectivity index is 1.75. The van der Waals surface area contributed by atoms with Gasteiger partial charge in [-0.3, -0.25) is 4.79 Å². The number of halogens is 2. The van der Waals surface area contributed by atoms with Gasteiger partial charge in [0.15, 0.2) is 0 Å². The van der Waals surface area contributed by atoms with Gasteiger partial charge < -0.3 is 15.0 Å². The van der Waals surface area contributed by atoms with E-state index >= 15 is 0 Å². The SMILES string of the molecule is O=C(C=Cc1cccc(F)c1)Nc1cc(Br)ccc1N1CCOCC1. The fraction of sp³-hybridized carbons (Fsp3) is 0.211. The highest BCUT2D eigenvalue weighted by molar-refractivity contribution is 9.10. The third kappa shape index (κ3) is 4.90. The molecule has 2 aromatic carbocycles. The number of carbonyl (C=O) groups excluding carboxylic acids is 1. The molecule has 2 aromatic rings. The Morgan fingerprint density at radius 3 is 2.76 bits per heavy atom. The highest BCUT2D eigenvalue weighted by Gasteiger charge is 2.16. The summed E-state index contributed by atoms with van der Waals surface area (Å²) in [7, 11) is 0. The fourth-order valence-corrected chi connectivity index (χ4v) is 3.01. The van der Waals surface area contributed by atoms with E-state index in [4.69, 9.17) is 4.74 Å². The van der Waals surface area contributed by atoms with E-state index in [2.05, 4.69) is 26.1 Å². The third-order valence-corrected chi connectivity index (χ3v) is 4.34. The summed E-state index contributed by atoms with van der Waals surface area (Å²) in [5.74, 6) is -0.596. The van der Waals surface area contributed by atoms with Crippen molar-refractivity contribution in [1.29, 1.82) is 0 Å². The minimum Gasteiger partial charge on any atom is -0.378 e. The molecule has 1 aliphatic heterocycles. The fourth-order valence-electron chi connectivity index (χ4n) is 2.64. The van der Waals surface area contributed by atoms with Gasteiger partial charge in [0, 0.05) is 23.6 Å². The van der Waals surface area contributed by atoms with Crippen LogP contribution in [0.4, 0.5) is 15.8 Å². The summed E-state index contributed by atoms with van der Waals surface area (Å²) in [5.41, 5.74) is 2.32. The van der Waals surface area contributed by atoms with Crippen LogP contribution in [0.5, 0.6) is 0 Å². The first kappa shape index (κ1) is 17.6. The Bertz CT molecular complexity index is 789. The molecule has 0 saturated carbocycles. The van der Waals surface area contributed by atoms with Crippen molar-refractivity contribution in [2.45, 2.75) is 0 Å². The summed E-state index contributed by atoms with van der Waals surface area (Å²) < 4.78 is 19.5. The number of hydrogen-bond donors (Lipinski definition) is 1. The maximum absolute atomic E-state index is 13.2. The molecule has 0 aromatic heterocycles. The summed E-state index contributed by atoms with van der Waals surface area (Å²) in [5, 5.41) is 2.90. The molecule has 1 aliphatic rings. The van der Waals surface area contributed by atoms with Crippen LogP contribution in [0, 0.1) is 5.82 Å². The second-order valence-corrected chi connectivity index (χ2v) is 6.55. The lowest BCUT2D eigenvalue weighted by Gasteiger charge is -2.30. The number of rotatable bonds is 4. The van der Waals surface area contributed by atoms with Crippen molar-refractivity contribution in [1.82, 2.24) is 0 Å². The molecule has 0 unspecified atom stereocenters. The van der Waals surface area contributed by atoms with Crippen molar-refractivity contribution < 1.29 is 13.9 Å². The lowest BCUT2D eigenvalue weighted by molar-refractivity contribution is -0.111. The molecule has 1 amide bonds. The van der Waals surface area contributed by atoms with Gasteiger partial charge in [-0.2, -0.15) is 0 Å². The standard InChI is InChI=1S/C19H18BrFN2O2/c20-15-5-6-18(23-8-10-25-11-9-23)17(13-15)22-19(24)7-4-14-2-1-3-16(21)12-14/h1-7,12-13H,8-11H2,(H,22,24). The molecule has 3 rings (SSSR count). The molecule has 1 fully saturated rings. The first-order valence-electron chi connectivity index (χ1n) is 7.99. The minimum atomic E-state index is -0.329. The number of amides is 1. The average Bonchev–Trinajstić information content (AvgIpc) is 2.61. The summed E-state index contributed by atoms with van der Waals surface area (Å²) >= 11 is 3.44. The Morgan fingerprint density at radius 1 is 1.20 bits per heavy atom. The zero-order valence-electron chi connectivity index (χ0n) is 13.5. The maximum atomic E-state index is 13.2. The van der Waals surface area contributed by atoms with Crippen LogP contribution in [0.2, 0.25) is 0 Å². The van der Waals surface area contributed by atoms with E-state index in [1.807, 2.05) is 18.2 Å². The average molecular weight is 405 g/mol. The molecule has 1 saturated heterocycles. The van der Waals surface area contributed by atoms with E-state index in [0.29, 0.717) is 18.8 Å². The van der Waals surface area contributed by atoms with Crippen LogP contribution in [-0.4, -0.2) is 32.2 Å². The van der Waals surface area contributed by atoms with E-state index in [9.17, 15) is 9.18 Å². The lowest BCUT2D eigenvalue weighted by Crippen LogP contribution is -2.36. The quantitative estimate of drug-likeness (QED) is 0.780. The predicted octanol–water partition coefficient (Wildman–Crippen LogP) is 4.08. The monoisotopic (exact) mass is 404 g/mol. The molecular weight excluding hydrogens is 387 g/mol. The number of hydrogen-bond acceptors (Lipinski definition) is 3. The molecule has 130 valence electrons. The van der Waals surface area contributed by atoms with Crippen LogP contribution in [0.25, 0.3) is 6.08 Å². The van der Waals surface area contributed by atoms with Gasteiger partial charge >= 0.3 is 0 Å². The van der Waals surface area contributed by atoms with Crippen molar-refractivity contribution in [3.05, 3.63) is 64.4 Å². The van der Waals surface area contributed by atoms with E-state index in [1.165, 1.54) is 18.2 Å². The van der Waals surface area contributed by atoms with Crippen LogP contribution in [0.3, 0.4) is 0 Å². The topological polar surface area (TPSA) is 41.6 Å². The van der Waals surface area contributed by atoms with Crippen LogP contribution >= 0.6 is 15.9 Å². The number of nitrogens with zero attached hydrogens (tertiary/aromatic N) is 1. The van der Waals surface area contributed by atoms with Gasteiger partial charge in [-0.25, -0.2) is 4.39 Å². The van der Waals surface area contributed by atoms with Crippen LogP contribution in [0.15, 0.2) is 53.0 Å². The first-order chi connectivity index (χ1) is 12.1. The smallest absolute Gasteiger partial charge is 0.248 e. The van der Waals surface area contributed by atoms with Gasteiger partial charge in [0.1, 0.15) is 5.82 Å². The largest absolute Gasteiger partial charge is 0.378 e. The number of benzene rings is 2. The number of anilines is 2. The molecular formula is C19H18BrFN2O2. The Hall–Kier alpha value is -2.18. The Labute approximate surface area is 154 Å². The molecule has 1 heterocycles. The zero-order valence-corrected chi connectivity index (χ0v) is 15.1. The molecule has 6 heteroatoms. The second-order valence-electron chi connectivity index (χ2n) is 5.64. The summed E-state index contributed by atoms with van der Waals surface area (Å²) in [6.07, 6.45) is 2.99. The van der Waals surface area contributed by atoms with Crippen LogP contribution < -0.4 is 10.2 Å². The van der Waals surface area contributed by atoms with Crippen molar-refractivity contribution >= 4 is 39.3 Å². The Morgan fingerprint density at radius 2 is 2.00 bits per heavy atom. The van der Waals surface area contributed by atoms with Gasteiger partial charge in [0.2, 0.25) is 5.91 Å². The van der Waals surface area contributed by atoms with Gasteiger partial charge in [-0.15, -0.1) is 0 Å². The lowest BCUT2D eigenvalue weighted by atomic mass is 10.2. The maximum Gasteiger partial charge on any atom is 0.248 e. The van der Waals surface area contributed by atoms with Gasteiger partial charge in [-0.1, -0.05) is 28.1 Å². The molecule has 4 nitrogen and oxygen atoms in total.